The second-order valence-electron chi connectivity index (χ2n) is 7.87. The molecule has 1 atom stereocenters. The van der Waals surface area contributed by atoms with Gasteiger partial charge in [0.05, 0.1) is 23.5 Å². The lowest BCUT2D eigenvalue weighted by atomic mass is 9.92. The first kappa shape index (κ1) is 18.6. The molecule has 2 heterocycles. The summed E-state index contributed by atoms with van der Waals surface area (Å²) < 4.78 is 7.16. The van der Waals surface area contributed by atoms with Crippen LogP contribution in [0.2, 0.25) is 0 Å². The lowest BCUT2D eigenvalue weighted by Crippen LogP contribution is -2.32. The number of hydrogen-bond donors (Lipinski definition) is 2. The molecule has 2 aromatic heterocycles. The Balaban J connectivity index is 1.42. The molecule has 0 fully saturated rings. The minimum Gasteiger partial charge on any atom is -0.478 e. The Morgan fingerprint density at radius 2 is 2.03 bits per heavy atom. The minimum atomic E-state index is -0.973. The van der Waals surface area contributed by atoms with Crippen LogP contribution in [0.15, 0.2) is 35.0 Å². The lowest BCUT2D eigenvalue weighted by molar-refractivity contribution is 0.0696. The van der Waals surface area contributed by atoms with Crippen LogP contribution in [0.4, 0.5) is 0 Å². The molecule has 2 aliphatic rings. The standard InChI is InChI=1S/C22H22N4O4/c27-21(20-15-7-1-2-10-19(15)30-25-20)24-17-8-4-9-18-16(17)12-23-26(18)14-6-3-5-13(11-14)22(28)29/h3,5-6,11-12,17H,1-2,4,7-10H2,(H,24,27)(H,28,29)/t17-/m1/s1. The Hall–Kier alpha value is -3.42. The minimum absolute atomic E-state index is 0.159. The number of amides is 1. The number of aromatic nitrogens is 3. The summed E-state index contributed by atoms with van der Waals surface area (Å²) >= 11 is 0. The maximum Gasteiger partial charge on any atom is 0.335 e. The van der Waals surface area contributed by atoms with E-state index in [1.165, 1.54) is 0 Å². The third-order valence-corrected chi connectivity index (χ3v) is 5.99. The topological polar surface area (TPSA) is 110 Å². The van der Waals surface area contributed by atoms with Crippen molar-refractivity contribution >= 4 is 11.9 Å². The molecule has 0 saturated heterocycles. The Kier molecular flexibility index (Phi) is 4.61. The summed E-state index contributed by atoms with van der Waals surface area (Å²) in [6.07, 6.45) is 8.09. The van der Waals surface area contributed by atoms with Crippen molar-refractivity contribution in [2.24, 2.45) is 0 Å². The fraction of sp³-hybridized carbons (Fsp3) is 0.364. The zero-order valence-corrected chi connectivity index (χ0v) is 16.4. The maximum absolute atomic E-state index is 12.9. The Morgan fingerprint density at radius 3 is 2.90 bits per heavy atom. The first-order chi connectivity index (χ1) is 14.6. The van der Waals surface area contributed by atoms with Crippen LogP contribution in [0, 0.1) is 0 Å². The van der Waals surface area contributed by atoms with E-state index in [4.69, 9.17) is 4.52 Å². The number of carbonyl (C=O) groups is 2. The Bertz CT molecular complexity index is 1130. The van der Waals surface area contributed by atoms with Crippen LogP contribution in [-0.2, 0) is 19.3 Å². The molecule has 0 saturated carbocycles. The maximum atomic E-state index is 12.9. The van der Waals surface area contributed by atoms with Gasteiger partial charge in [-0.3, -0.25) is 4.79 Å². The van der Waals surface area contributed by atoms with Gasteiger partial charge in [-0.1, -0.05) is 11.2 Å². The summed E-state index contributed by atoms with van der Waals surface area (Å²) in [5.74, 6) is -0.346. The molecule has 0 aliphatic heterocycles. The van der Waals surface area contributed by atoms with E-state index in [1.54, 1.807) is 29.1 Å². The van der Waals surface area contributed by atoms with Gasteiger partial charge < -0.3 is 14.9 Å². The number of hydrogen-bond acceptors (Lipinski definition) is 5. The highest BCUT2D eigenvalue weighted by atomic mass is 16.5. The van der Waals surface area contributed by atoms with Gasteiger partial charge in [-0.2, -0.15) is 5.10 Å². The summed E-state index contributed by atoms with van der Waals surface area (Å²) in [4.78, 5) is 24.2. The van der Waals surface area contributed by atoms with Gasteiger partial charge in [-0.15, -0.1) is 0 Å². The first-order valence-electron chi connectivity index (χ1n) is 10.3. The smallest absolute Gasteiger partial charge is 0.335 e. The van der Waals surface area contributed by atoms with Crippen LogP contribution in [0.5, 0.6) is 0 Å². The highest BCUT2D eigenvalue weighted by Gasteiger charge is 2.29. The zero-order chi connectivity index (χ0) is 20.7. The van der Waals surface area contributed by atoms with E-state index in [1.807, 2.05) is 6.07 Å². The van der Waals surface area contributed by atoms with Gasteiger partial charge in [-0.05, 0) is 56.7 Å². The van der Waals surface area contributed by atoms with Crippen LogP contribution in [0.25, 0.3) is 5.69 Å². The predicted octanol–water partition coefficient (Wildman–Crippen LogP) is 3.24. The molecule has 2 aliphatic carbocycles. The SMILES string of the molecule is O=C(O)c1cccc(-n2ncc3c2CCC[C@H]3NC(=O)c2noc3c2CCCC3)c1. The van der Waals surface area contributed by atoms with E-state index in [0.29, 0.717) is 11.4 Å². The molecule has 0 spiro atoms. The monoisotopic (exact) mass is 406 g/mol. The number of fused-ring (bicyclic) bond motifs is 2. The number of carbonyl (C=O) groups excluding carboxylic acids is 1. The molecule has 3 aromatic rings. The summed E-state index contributed by atoms with van der Waals surface area (Å²) in [6.45, 7) is 0. The number of carboxylic acid groups (broad SMARTS) is 1. The fourth-order valence-corrected chi connectivity index (χ4v) is 4.49. The fourth-order valence-electron chi connectivity index (χ4n) is 4.49. The van der Waals surface area contributed by atoms with E-state index in [0.717, 1.165) is 67.5 Å². The predicted molar refractivity (Wildman–Crippen MR) is 107 cm³/mol. The van der Waals surface area contributed by atoms with Crippen molar-refractivity contribution in [2.75, 3.05) is 0 Å². The number of nitrogens with one attached hydrogen (secondary N) is 1. The van der Waals surface area contributed by atoms with Gasteiger partial charge in [0.1, 0.15) is 5.76 Å². The number of rotatable bonds is 4. The highest BCUT2D eigenvalue weighted by Crippen LogP contribution is 2.32. The van der Waals surface area contributed by atoms with Crippen molar-refractivity contribution in [1.29, 1.82) is 0 Å². The molecule has 5 rings (SSSR count). The molecule has 154 valence electrons. The lowest BCUT2D eigenvalue weighted by Gasteiger charge is -2.24. The van der Waals surface area contributed by atoms with Crippen LogP contribution >= 0.6 is 0 Å². The molecule has 0 bridgehead atoms. The average molecular weight is 406 g/mol. The van der Waals surface area contributed by atoms with Crippen molar-refractivity contribution in [2.45, 2.75) is 51.0 Å². The van der Waals surface area contributed by atoms with E-state index in [-0.39, 0.29) is 17.5 Å². The molecule has 2 N–H and O–H groups in total. The molecule has 1 amide bonds. The van der Waals surface area contributed by atoms with E-state index >= 15 is 0 Å². The van der Waals surface area contributed by atoms with E-state index in [9.17, 15) is 14.7 Å². The number of nitrogens with zero attached hydrogens (tertiary/aromatic N) is 3. The van der Waals surface area contributed by atoms with Crippen LogP contribution in [-0.4, -0.2) is 31.9 Å². The molecular formula is C22H22N4O4. The third-order valence-electron chi connectivity index (χ3n) is 5.99. The normalized spacial score (nSPS) is 17.8. The van der Waals surface area contributed by atoms with Gasteiger partial charge in [0.15, 0.2) is 5.69 Å². The Morgan fingerprint density at radius 1 is 1.17 bits per heavy atom. The van der Waals surface area contributed by atoms with Gasteiger partial charge in [-0.25, -0.2) is 9.48 Å². The summed E-state index contributed by atoms with van der Waals surface area (Å²) in [6, 6.07) is 6.56. The summed E-state index contributed by atoms with van der Waals surface area (Å²) in [5, 5.41) is 20.9. The quantitative estimate of drug-likeness (QED) is 0.688. The number of carboxylic acids is 1. The largest absolute Gasteiger partial charge is 0.478 e. The van der Waals surface area contributed by atoms with Crippen molar-refractivity contribution in [1.82, 2.24) is 20.3 Å². The van der Waals surface area contributed by atoms with Crippen molar-refractivity contribution in [3.05, 3.63) is 64.3 Å². The van der Waals surface area contributed by atoms with Gasteiger partial charge in [0.2, 0.25) is 0 Å². The Labute approximate surface area is 172 Å². The molecule has 1 aromatic carbocycles. The van der Waals surface area contributed by atoms with E-state index < -0.39 is 5.97 Å². The van der Waals surface area contributed by atoms with Gasteiger partial charge in [0.25, 0.3) is 5.91 Å². The average Bonchev–Trinajstić information content (AvgIpc) is 3.39. The molecular weight excluding hydrogens is 384 g/mol. The van der Waals surface area contributed by atoms with Crippen molar-refractivity contribution in [3.63, 3.8) is 0 Å². The number of benzene rings is 1. The second kappa shape index (κ2) is 7.44. The van der Waals surface area contributed by atoms with Crippen LogP contribution in [0.1, 0.15) is 75.2 Å². The molecule has 8 nitrogen and oxygen atoms in total. The number of aromatic carboxylic acids is 1. The van der Waals surface area contributed by atoms with Crippen LogP contribution < -0.4 is 5.32 Å². The van der Waals surface area contributed by atoms with Gasteiger partial charge >= 0.3 is 5.97 Å². The molecule has 0 radical (unpaired) electrons. The summed E-state index contributed by atoms with van der Waals surface area (Å²) in [7, 11) is 0. The summed E-state index contributed by atoms with van der Waals surface area (Å²) in [5.41, 5.74) is 4.22. The number of aryl methyl sites for hydroxylation is 1. The van der Waals surface area contributed by atoms with Crippen molar-refractivity contribution < 1.29 is 19.2 Å². The second-order valence-corrected chi connectivity index (χ2v) is 7.87. The molecule has 8 heteroatoms. The molecule has 0 unspecified atom stereocenters. The van der Waals surface area contributed by atoms with Gasteiger partial charge in [0, 0.05) is 23.2 Å². The first-order valence-corrected chi connectivity index (χ1v) is 10.3. The third kappa shape index (κ3) is 3.18. The van der Waals surface area contributed by atoms with E-state index in [2.05, 4.69) is 15.6 Å². The van der Waals surface area contributed by atoms with Crippen molar-refractivity contribution in [3.8, 4) is 5.69 Å². The highest BCUT2D eigenvalue weighted by molar-refractivity contribution is 5.94. The zero-order valence-electron chi connectivity index (χ0n) is 16.4. The van der Waals surface area contributed by atoms with Crippen LogP contribution in [0.3, 0.4) is 0 Å². The molecule has 30 heavy (non-hydrogen) atoms.